The number of nitrogens with zero attached hydrogens (tertiary/aromatic N) is 1. The van der Waals surface area contributed by atoms with E-state index in [1.54, 1.807) is 11.0 Å². The molecule has 2 aliphatic rings. The van der Waals surface area contributed by atoms with Crippen molar-refractivity contribution in [1.82, 2.24) is 0 Å². The number of alkyl halides is 1. The first-order valence-electron chi connectivity index (χ1n) is 11.7. The average Bonchev–Trinajstić information content (AvgIpc) is 3.24. The molecule has 0 aliphatic carbocycles. The molecule has 9 nitrogen and oxygen atoms in total. The molecule has 0 spiro atoms. The molecule has 2 aliphatic heterocycles. The second kappa shape index (κ2) is 10.8. The molecule has 4 rings (SSSR count). The minimum Gasteiger partial charge on any atom is -0.461 e. The molecule has 10 heteroatoms. The van der Waals surface area contributed by atoms with Crippen molar-refractivity contribution in [2.24, 2.45) is 0 Å². The number of hydrogen-bond acceptors (Lipinski definition) is 8. The Hall–Kier alpha value is -2.27. The van der Waals surface area contributed by atoms with E-state index in [1.165, 1.54) is 0 Å². The van der Waals surface area contributed by atoms with Gasteiger partial charge in [-0.15, -0.1) is 11.6 Å². The van der Waals surface area contributed by atoms with Crippen LogP contribution in [0.3, 0.4) is 0 Å². The summed E-state index contributed by atoms with van der Waals surface area (Å²) in [7, 11) is 0. The van der Waals surface area contributed by atoms with E-state index in [0.29, 0.717) is 36.2 Å². The van der Waals surface area contributed by atoms with Crippen molar-refractivity contribution in [3.63, 3.8) is 0 Å². The predicted molar refractivity (Wildman–Crippen MR) is 129 cm³/mol. The Morgan fingerprint density at radius 2 is 1.94 bits per heavy atom. The number of unbranched alkanes of at least 4 members (excludes halogenated alkanes) is 1. The Kier molecular flexibility index (Phi) is 7.95. The van der Waals surface area contributed by atoms with Crippen molar-refractivity contribution in [3.8, 4) is 5.75 Å². The zero-order chi connectivity index (χ0) is 25.3. The molecule has 0 saturated carbocycles. The fourth-order valence-corrected chi connectivity index (χ4v) is 5.03. The molecule has 2 aromatic rings. The van der Waals surface area contributed by atoms with Crippen LogP contribution in [0.1, 0.15) is 37.7 Å². The van der Waals surface area contributed by atoms with Crippen LogP contribution in [0.25, 0.3) is 10.8 Å². The molecule has 0 radical (unpaired) electrons. The Balaban J connectivity index is 1.76. The van der Waals surface area contributed by atoms with Crippen LogP contribution in [0.15, 0.2) is 30.3 Å². The van der Waals surface area contributed by atoms with E-state index in [2.05, 4.69) is 0 Å². The summed E-state index contributed by atoms with van der Waals surface area (Å²) in [4.78, 5) is 25.4. The van der Waals surface area contributed by atoms with Gasteiger partial charge in [-0.2, -0.15) is 0 Å². The number of halogens is 1. The number of aliphatic hydroxyl groups excluding tert-OH is 4. The van der Waals surface area contributed by atoms with E-state index < -0.39 is 37.3 Å². The molecule has 1 amide bonds. The Bertz CT molecular complexity index is 1080. The van der Waals surface area contributed by atoms with E-state index >= 15 is 0 Å². The molecular weight excluding hydrogens is 478 g/mol. The fraction of sp³-hybridized carbons (Fsp3) is 0.520. The normalized spacial score (nSPS) is 29.1. The van der Waals surface area contributed by atoms with Crippen LogP contribution in [0.2, 0.25) is 0 Å². The van der Waals surface area contributed by atoms with E-state index in [9.17, 15) is 30.0 Å². The highest BCUT2D eigenvalue weighted by Crippen LogP contribution is 2.47. The number of ether oxygens (including phenoxy) is 2. The number of rotatable bonds is 8. The second-order valence-corrected chi connectivity index (χ2v) is 9.70. The molecule has 2 heterocycles. The van der Waals surface area contributed by atoms with Crippen LogP contribution in [-0.4, -0.2) is 81.9 Å². The van der Waals surface area contributed by atoms with E-state index in [4.69, 9.17) is 21.1 Å². The highest BCUT2D eigenvalue weighted by molar-refractivity contribution is 6.21. The standard InChI is InChI=1S/C25H30ClNO8/c1-13(26)16-11-27(20(30)8-4-5-9-28)17-10-18(14-6-2-3-7-15(14)21(16)17)34-25-24(33)23(32)22(31)19(12-29)35-25/h2-3,6-7,9-10,13,16,19,22-25,29,31-33H,4-5,8,11-12H2,1H3. The second-order valence-electron chi connectivity index (χ2n) is 9.02. The minimum absolute atomic E-state index is 0.132. The lowest BCUT2D eigenvalue weighted by molar-refractivity contribution is -0.277. The molecular formula is C25H30ClNO8. The van der Waals surface area contributed by atoms with Crippen molar-refractivity contribution in [2.75, 3.05) is 18.1 Å². The SMILES string of the molecule is CC(Cl)C1CN(C(=O)CCCC=O)c2cc(OC3OC(CO)C(O)C(O)C3O)c3ccccc3c21. The van der Waals surface area contributed by atoms with Gasteiger partial charge in [0.25, 0.3) is 0 Å². The summed E-state index contributed by atoms with van der Waals surface area (Å²) < 4.78 is 11.5. The van der Waals surface area contributed by atoms with Gasteiger partial charge in [0.15, 0.2) is 0 Å². The first-order chi connectivity index (χ1) is 16.8. The summed E-state index contributed by atoms with van der Waals surface area (Å²) in [5, 5.41) is 41.5. The van der Waals surface area contributed by atoms with Crippen LogP contribution >= 0.6 is 11.6 Å². The average molecular weight is 508 g/mol. The number of carbonyl (C=O) groups is 2. The maximum atomic E-state index is 13.1. The van der Waals surface area contributed by atoms with E-state index in [-0.39, 0.29) is 23.6 Å². The molecule has 35 heavy (non-hydrogen) atoms. The van der Waals surface area contributed by atoms with Crippen molar-refractivity contribution in [3.05, 3.63) is 35.9 Å². The van der Waals surface area contributed by atoms with Crippen molar-refractivity contribution < 1.29 is 39.5 Å². The van der Waals surface area contributed by atoms with Gasteiger partial charge < -0.3 is 39.6 Å². The van der Waals surface area contributed by atoms with Crippen LogP contribution in [0, 0.1) is 0 Å². The molecule has 1 fully saturated rings. The molecule has 0 aromatic heterocycles. The number of aliphatic hydroxyl groups is 4. The molecule has 0 bridgehead atoms. The maximum Gasteiger partial charge on any atom is 0.229 e. The molecule has 7 atom stereocenters. The highest BCUT2D eigenvalue weighted by atomic mass is 35.5. The van der Waals surface area contributed by atoms with Gasteiger partial charge in [-0.3, -0.25) is 4.79 Å². The lowest BCUT2D eigenvalue weighted by atomic mass is 9.92. The number of aldehydes is 1. The quantitative estimate of drug-likeness (QED) is 0.239. The minimum atomic E-state index is -1.58. The topological polar surface area (TPSA) is 137 Å². The van der Waals surface area contributed by atoms with Crippen molar-refractivity contribution in [2.45, 2.75) is 68.2 Å². The third-order valence-electron chi connectivity index (χ3n) is 6.73. The summed E-state index contributed by atoms with van der Waals surface area (Å²) >= 11 is 6.54. The third-order valence-corrected chi connectivity index (χ3v) is 7.03. The van der Waals surface area contributed by atoms with Gasteiger partial charge in [-0.05, 0) is 24.3 Å². The van der Waals surface area contributed by atoms with Crippen molar-refractivity contribution >= 4 is 40.3 Å². The van der Waals surface area contributed by atoms with Gasteiger partial charge in [0, 0.05) is 42.1 Å². The fourth-order valence-electron chi connectivity index (χ4n) is 4.82. The number of fused-ring (bicyclic) bond motifs is 3. The highest BCUT2D eigenvalue weighted by Gasteiger charge is 2.45. The first-order valence-corrected chi connectivity index (χ1v) is 12.1. The van der Waals surface area contributed by atoms with Gasteiger partial charge in [0.1, 0.15) is 36.5 Å². The Morgan fingerprint density at radius 3 is 2.60 bits per heavy atom. The van der Waals surface area contributed by atoms with Crippen LogP contribution in [-0.2, 0) is 14.3 Å². The number of carbonyl (C=O) groups excluding carboxylic acids is 2. The molecule has 2 aromatic carbocycles. The smallest absolute Gasteiger partial charge is 0.229 e. The molecule has 190 valence electrons. The van der Waals surface area contributed by atoms with Crippen LogP contribution in [0.4, 0.5) is 5.69 Å². The summed E-state index contributed by atoms with van der Waals surface area (Å²) in [6, 6.07) is 9.12. The van der Waals surface area contributed by atoms with Crippen LogP contribution < -0.4 is 9.64 Å². The molecule has 7 unspecified atom stereocenters. The Morgan fingerprint density at radius 1 is 1.23 bits per heavy atom. The van der Waals surface area contributed by atoms with Gasteiger partial charge in [-0.25, -0.2) is 0 Å². The predicted octanol–water partition coefficient (Wildman–Crippen LogP) is 1.45. The lowest BCUT2D eigenvalue weighted by Gasteiger charge is -2.39. The van der Waals surface area contributed by atoms with Crippen molar-refractivity contribution in [1.29, 1.82) is 0 Å². The monoisotopic (exact) mass is 507 g/mol. The largest absolute Gasteiger partial charge is 0.461 e. The number of amides is 1. The van der Waals surface area contributed by atoms with E-state index in [0.717, 1.165) is 17.2 Å². The number of hydrogen-bond donors (Lipinski definition) is 4. The number of anilines is 1. The molecule has 4 N–H and O–H groups in total. The third kappa shape index (κ3) is 4.89. The van der Waals surface area contributed by atoms with Gasteiger partial charge in [0.05, 0.1) is 12.3 Å². The summed E-state index contributed by atoms with van der Waals surface area (Å²) in [6.07, 6.45) is -5.41. The lowest BCUT2D eigenvalue weighted by Crippen LogP contribution is -2.60. The first kappa shape index (κ1) is 25.8. The summed E-state index contributed by atoms with van der Waals surface area (Å²) in [6.45, 7) is 1.69. The van der Waals surface area contributed by atoms with Gasteiger partial charge >= 0.3 is 0 Å². The maximum absolute atomic E-state index is 13.1. The Labute approximate surface area is 207 Å². The zero-order valence-electron chi connectivity index (χ0n) is 19.3. The van der Waals surface area contributed by atoms with E-state index in [1.807, 2.05) is 31.2 Å². The molecule has 1 saturated heterocycles. The van der Waals surface area contributed by atoms with Crippen LogP contribution in [0.5, 0.6) is 5.75 Å². The summed E-state index contributed by atoms with van der Waals surface area (Å²) in [5.41, 5.74) is 1.53. The number of benzene rings is 2. The van der Waals surface area contributed by atoms with Gasteiger partial charge in [0.2, 0.25) is 12.2 Å². The van der Waals surface area contributed by atoms with Gasteiger partial charge in [-0.1, -0.05) is 24.3 Å². The zero-order valence-corrected chi connectivity index (χ0v) is 20.0. The summed E-state index contributed by atoms with van der Waals surface area (Å²) in [5.74, 6) is 0.0344.